The van der Waals surface area contributed by atoms with Gasteiger partial charge in [-0.25, -0.2) is 0 Å². The lowest BCUT2D eigenvalue weighted by Crippen LogP contribution is -2.25. The third-order valence-electron chi connectivity index (χ3n) is 4.50. The van der Waals surface area contributed by atoms with Crippen molar-refractivity contribution in [1.29, 1.82) is 0 Å². The molecule has 0 rings (SSSR count). The monoisotopic (exact) mass is 333 g/mol. The maximum Gasteiger partial charge on any atom is 0.0169 e. The standard InChI is InChI=1S/C23H43N/c1-6-8-9-10-11-12-13-14-20-24(19-7-2)21-18-23(5)17-15-16-22(3)4/h7,16,18H,2,6,8-15,17,19-21H2,1,3-5H3/b23-18+. The van der Waals surface area contributed by atoms with E-state index in [0.717, 1.165) is 13.1 Å². The van der Waals surface area contributed by atoms with Crippen LogP contribution in [0.2, 0.25) is 0 Å². The van der Waals surface area contributed by atoms with Crippen molar-refractivity contribution in [2.45, 2.75) is 91.9 Å². The van der Waals surface area contributed by atoms with Crippen LogP contribution < -0.4 is 0 Å². The molecule has 140 valence electrons. The summed E-state index contributed by atoms with van der Waals surface area (Å²) in [5.74, 6) is 0. The van der Waals surface area contributed by atoms with Crippen molar-refractivity contribution in [3.8, 4) is 0 Å². The molecule has 0 unspecified atom stereocenters. The molecule has 0 saturated heterocycles. The molecule has 0 amide bonds. The van der Waals surface area contributed by atoms with Gasteiger partial charge in [0.25, 0.3) is 0 Å². The number of hydrogen-bond donors (Lipinski definition) is 0. The third-order valence-corrected chi connectivity index (χ3v) is 4.50. The Balaban J connectivity index is 3.87. The molecule has 0 atom stereocenters. The normalized spacial score (nSPS) is 11.8. The molecule has 0 aliphatic rings. The molecule has 0 aliphatic heterocycles. The molecule has 0 aromatic carbocycles. The Bertz CT molecular complexity index is 347. The highest BCUT2D eigenvalue weighted by Gasteiger charge is 2.01. The van der Waals surface area contributed by atoms with Gasteiger partial charge in [-0.1, -0.05) is 81.2 Å². The van der Waals surface area contributed by atoms with E-state index >= 15 is 0 Å². The fourth-order valence-corrected chi connectivity index (χ4v) is 2.88. The summed E-state index contributed by atoms with van der Waals surface area (Å²) in [6.07, 6.45) is 20.3. The van der Waals surface area contributed by atoms with E-state index in [9.17, 15) is 0 Å². The summed E-state index contributed by atoms with van der Waals surface area (Å²) in [7, 11) is 0. The Morgan fingerprint density at radius 1 is 0.833 bits per heavy atom. The zero-order valence-corrected chi connectivity index (χ0v) is 17.1. The van der Waals surface area contributed by atoms with E-state index < -0.39 is 0 Å². The van der Waals surface area contributed by atoms with Crippen LogP contribution in [0.3, 0.4) is 0 Å². The summed E-state index contributed by atoms with van der Waals surface area (Å²) in [6, 6.07) is 0. The third kappa shape index (κ3) is 16.1. The first kappa shape index (κ1) is 23.2. The predicted molar refractivity (Wildman–Crippen MR) is 112 cm³/mol. The Morgan fingerprint density at radius 3 is 2.04 bits per heavy atom. The highest BCUT2D eigenvalue weighted by Crippen LogP contribution is 2.10. The summed E-state index contributed by atoms with van der Waals surface area (Å²) >= 11 is 0. The molecule has 0 saturated carbocycles. The van der Waals surface area contributed by atoms with Gasteiger partial charge in [-0.3, -0.25) is 4.90 Å². The first-order valence-corrected chi connectivity index (χ1v) is 10.2. The van der Waals surface area contributed by atoms with Gasteiger partial charge in [0, 0.05) is 13.1 Å². The van der Waals surface area contributed by atoms with Gasteiger partial charge >= 0.3 is 0 Å². The van der Waals surface area contributed by atoms with Crippen LogP contribution in [-0.2, 0) is 0 Å². The van der Waals surface area contributed by atoms with Crippen molar-refractivity contribution in [3.05, 3.63) is 36.0 Å². The summed E-state index contributed by atoms with van der Waals surface area (Å²) in [4.78, 5) is 2.52. The Labute approximate surface area is 152 Å². The molecular weight excluding hydrogens is 290 g/mol. The predicted octanol–water partition coefficient (Wildman–Crippen LogP) is 7.31. The number of nitrogens with zero attached hydrogens (tertiary/aromatic N) is 1. The van der Waals surface area contributed by atoms with Crippen molar-refractivity contribution in [2.24, 2.45) is 0 Å². The highest BCUT2D eigenvalue weighted by molar-refractivity contribution is 5.03. The van der Waals surface area contributed by atoms with Gasteiger partial charge in [0.1, 0.15) is 0 Å². The van der Waals surface area contributed by atoms with Crippen LogP contribution in [0.1, 0.15) is 91.9 Å². The molecule has 0 N–H and O–H groups in total. The highest BCUT2D eigenvalue weighted by atomic mass is 15.1. The van der Waals surface area contributed by atoms with Crippen molar-refractivity contribution < 1.29 is 0 Å². The van der Waals surface area contributed by atoms with Gasteiger partial charge in [0.05, 0.1) is 0 Å². The molecular formula is C23H43N. The second-order valence-electron chi connectivity index (χ2n) is 7.39. The zero-order chi connectivity index (χ0) is 18.0. The van der Waals surface area contributed by atoms with Crippen LogP contribution >= 0.6 is 0 Å². The average molecular weight is 334 g/mol. The summed E-state index contributed by atoms with van der Waals surface area (Å²) in [5, 5.41) is 0. The Morgan fingerprint density at radius 2 is 1.46 bits per heavy atom. The fraction of sp³-hybridized carbons (Fsp3) is 0.739. The molecule has 0 aromatic heterocycles. The van der Waals surface area contributed by atoms with E-state index in [1.807, 2.05) is 6.08 Å². The SMILES string of the molecule is C=CCN(C/C=C(\C)CCC=C(C)C)CCCCCCCCCC. The quantitative estimate of drug-likeness (QED) is 0.211. The molecule has 0 heterocycles. The zero-order valence-electron chi connectivity index (χ0n) is 17.1. The van der Waals surface area contributed by atoms with Crippen LogP contribution in [0.4, 0.5) is 0 Å². The van der Waals surface area contributed by atoms with E-state index in [1.54, 1.807) is 0 Å². The van der Waals surface area contributed by atoms with Gasteiger partial charge in [0.2, 0.25) is 0 Å². The minimum Gasteiger partial charge on any atom is -0.296 e. The van der Waals surface area contributed by atoms with E-state index in [2.05, 4.69) is 51.3 Å². The number of hydrogen-bond acceptors (Lipinski definition) is 1. The van der Waals surface area contributed by atoms with Gasteiger partial charge < -0.3 is 0 Å². The van der Waals surface area contributed by atoms with E-state index in [1.165, 1.54) is 81.9 Å². The van der Waals surface area contributed by atoms with Crippen LogP contribution in [0.15, 0.2) is 36.0 Å². The van der Waals surface area contributed by atoms with E-state index in [4.69, 9.17) is 0 Å². The Kier molecular flexibility index (Phi) is 16.4. The average Bonchev–Trinajstić information content (AvgIpc) is 2.54. The maximum atomic E-state index is 3.91. The molecule has 0 spiro atoms. The summed E-state index contributed by atoms with van der Waals surface area (Å²) < 4.78 is 0. The van der Waals surface area contributed by atoms with Gasteiger partial charge in [-0.2, -0.15) is 0 Å². The van der Waals surface area contributed by atoms with Gasteiger partial charge in [-0.05, 0) is 46.6 Å². The van der Waals surface area contributed by atoms with Crippen molar-refractivity contribution in [3.63, 3.8) is 0 Å². The van der Waals surface area contributed by atoms with Crippen molar-refractivity contribution in [1.82, 2.24) is 4.90 Å². The number of allylic oxidation sites excluding steroid dienone is 3. The molecule has 1 nitrogen and oxygen atoms in total. The smallest absolute Gasteiger partial charge is 0.0169 e. The second-order valence-corrected chi connectivity index (χ2v) is 7.39. The first-order chi connectivity index (χ1) is 11.6. The molecule has 0 radical (unpaired) electrons. The molecule has 24 heavy (non-hydrogen) atoms. The van der Waals surface area contributed by atoms with Gasteiger partial charge in [-0.15, -0.1) is 6.58 Å². The van der Waals surface area contributed by atoms with Crippen LogP contribution in [0.25, 0.3) is 0 Å². The molecule has 1 heteroatoms. The van der Waals surface area contributed by atoms with Crippen LogP contribution in [0, 0.1) is 0 Å². The summed E-state index contributed by atoms with van der Waals surface area (Å²) in [5.41, 5.74) is 2.93. The lowest BCUT2D eigenvalue weighted by Gasteiger charge is -2.19. The lowest BCUT2D eigenvalue weighted by atomic mass is 10.1. The van der Waals surface area contributed by atoms with E-state index in [0.29, 0.717) is 0 Å². The van der Waals surface area contributed by atoms with Crippen molar-refractivity contribution in [2.75, 3.05) is 19.6 Å². The fourth-order valence-electron chi connectivity index (χ4n) is 2.88. The molecule has 0 bridgehead atoms. The first-order valence-electron chi connectivity index (χ1n) is 10.2. The topological polar surface area (TPSA) is 3.24 Å². The molecule has 0 fully saturated rings. The lowest BCUT2D eigenvalue weighted by molar-refractivity contribution is 0.323. The van der Waals surface area contributed by atoms with E-state index in [-0.39, 0.29) is 0 Å². The number of rotatable bonds is 16. The molecule has 0 aliphatic carbocycles. The minimum atomic E-state index is 1.01. The largest absolute Gasteiger partial charge is 0.296 e. The van der Waals surface area contributed by atoms with Gasteiger partial charge in [0.15, 0.2) is 0 Å². The summed E-state index contributed by atoms with van der Waals surface area (Å²) in [6.45, 7) is 16.1. The van der Waals surface area contributed by atoms with Crippen LogP contribution in [0.5, 0.6) is 0 Å². The molecule has 0 aromatic rings. The second kappa shape index (κ2) is 17.0. The van der Waals surface area contributed by atoms with Crippen molar-refractivity contribution >= 4 is 0 Å². The number of unbranched alkanes of at least 4 members (excludes halogenated alkanes) is 7. The maximum absolute atomic E-state index is 3.91. The van der Waals surface area contributed by atoms with Crippen LogP contribution in [-0.4, -0.2) is 24.5 Å². The Hall–Kier alpha value is -0.820. The minimum absolute atomic E-state index is 1.01.